The van der Waals surface area contributed by atoms with Gasteiger partial charge in [-0.05, 0) is 37.6 Å². The smallest absolute Gasteiger partial charge is 0.242 e. The predicted molar refractivity (Wildman–Crippen MR) is 102 cm³/mol. The van der Waals surface area contributed by atoms with Crippen molar-refractivity contribution in [3.8, 4) is 5.75 Å². The van der Waals surface area contributed by atoms with E-state index < -0.39 is 10.0 Å². The fourth-order valence-corrected chi connectivity index (χ4v) is 3.65. The van der Waals surface area contributed by atoms with Crippen LogP contribution in [0.15, 0.2) is 59.5 Å². The molecule has 2 aromatic carbocycles. The minimum Gasteiger partial charge on any atom is -0.492 e. The number of carbonyl (C=O) groups is 1. The number of hydrogen-bond acceptors (Lipinski definition) is 4. The lowest BCUT2D eigenvalue weighted by Crippen LogP contribution is -2.28. The molecule has 0 aromatic heterocycles. The summed E-state index contributed by atoms with van der Waals surface area (Å²) < 4.78 is 31.6. The number of nitrogens with one attached hydrogen (secondary N) is 1. The summed E-state index contributed by atoms with van der Waals surface area (Å²) >= 11 is 0. The van der Waals surface area contributed by atoms with Gasteiger partial charge in [0.25, 0.3) is 0 Å². The van der Waals surface area contributed by atoms with Crippen LogP contribution in [0.25, 0.3) is 0 Å². The number of carbonyl (C=O) groups excluding carboxylic acids is 1. The SMILES string of the molecule is CCOc1ccccc1NC(=O)CCCN(C)S(=O)(=O)c1ccccc1. The van der Waals surface area contributed by atoms with E-state index in [9.17, 15) is 13.2 Å². The molecule has 0 radical (unpaired) electrons. The molecule has 0 saturated carbocycles. The number of amides is 1. The van der Waals surface area contributed by atoms with Gasteiger partial charge in [0.15, 0.2) is 0 Å². The van der Waals surface area contributed by atoms with Gasteiger partial charge in [-0.2, -0.15) is 0 Å². The van der Waals surface area contributed by atoms with Crippen LogP contribution in [0.4, 0.5) is 5.69 Å². The Morgan fingerprint density at radius 3 is 2.42 bits per heavy atom. The maximum absolute atomic E-state index is 12.4. The van der Waals surface area contributed by atoms with Crippen LogP contribution in [0.1, 0.15) is 19.8 Å². The normalized spacial score (nSPS) is 11.3. The zero-order valence-electron chi connectivity index (χ0n) is 15.0. The second-order valence-corrected chi connectivity index (χ2v) is 7.77. The molecule has 0 bridgehead atoms. The van der Waals surface area contributed by atoms with Gasteiger partial charge in [0.2, 0.25) is 15.9 Å². The molecule has 1 amide bonds. The highest BCUT2D eigenvalue weighted by atomic mass is 32.2. The van der Waals surface area contributed by atoms with Crippen LogP contribution in [-0.2, 0) is 14.8 Å². The van der Waals surface area contributed by atoms with Crippen molar-refractivity contribution in [2.45, 2.75) is 24.7 Å². The average Bonchev–Trinajstić information content (AvgIpc) is 2.64. The summed E-state index contributed by atoms with van der Waals surface area (Å²) in [6.45, 7) is 2.65. The van der Waals surface area contributed by atoms with Crippen molar-refractivity contribution in [3.05, 3.63) is 54.6 Å². The Balaban J connectivity index is 1.87. The molecule has 26 heavy (non-hydrogen) atoms. The predicted octanol–water partition coefficient (Wildman–Crippen LogP) is 3.12. The number of anilines is 1. The minimum absolute atomic E-state index is 0.178. The van der Waals surface area contributed by atoms with E-state index in [1.54, 1.807) is 42.5 Å². The zero-order chi connectivity index (χ0) is 19.0. The molecule has 0 unspecified atom stereocenters. The van der Waals surface area contributed by atoms with Crippen molar-refractivity contribution in [1.82, 2.24) is 4.31 Å². The summed E-state index contributed by atoms with van der Waals surface area (Å²) in [7, 11) is -2.01. The van der Waals surface area contributed by atoms with E-state index in [0.717, 1.165) is 0 Å². The largest absolute Gasteiger partial charge is 0.492 e. The lowest BCUT2D eigenvalue weighted by molar-refractivity contribution is -0.116. The molecule has 2 aromatic rings. The third-order valence-corrected chi connectivity index (χ3v) is 5.66. The van der Waals surface area contributed by atoms with Gasteiger partial charge in [0.1, 0.15) is 5.75 Å². The lowest BCUT2D eigenvalue weighted by atomic mass is 10.2. The van der Waals surface area contributed by atoms with Crippen molar-refractivity contribution in [3.63, 3.8) is 0 Å². The molecule has 0 aliphatic heterocycles. The second kappa shape index (κ2) is 9.35. The topological polar surface area (TPSA) is 75.7 Å². The number of nitrogens with zero attached hydrogens (tertiary/aromatic N) is 1. The maximum Gasteiger partial charge on any atom is 0.242 e. The van der Waals surface area contributed by atoms with Gasteiger partial charge >= 0.3 is 0 Å². The second-order valence-electron chi connectivity index (χ2n) is 5.72. The number of hydrogen-bond donors (Lipinski definition) is 1. The van der Waals surface area contributed by atoms with E-state index >= 15 is 0 Å². The lowest BCUT2D eigenvalue weighted by Gasteiger charge is -2.17. The minimum atomic E-state index is -3.53. The zero-order valence-corrected chi connectivity index (χ0v) is 15.8. The summed E-state index contributed by atoms with van der Waals surface area (Å²) in [5, 5.41) is 2.81. The first-order valence-electron chi connectivity index (χ1n) is 8.48. The van der Waals surface area contributed by atoms with Gasteiger partial charge in [-0.1, -0.05) is 30.3 Å². The van der Waals surface area contributed by atoms with Crippen LogP contribution in [0.3, 0.4) is 0 Å². The number of sulfonamides is 1. The van der Waals surface area contributed by atoms with Crippen molar-refractivity contribution >= 4 is 21.6 Å². The molecule has 0 atom stereocenters. The Bertz CT molecular complexity index is 822. The van der Waals surface area contributed by atoms with Gasteiger partial charge in [0.05, 0.1) is 17.2 Å². The molecule has 7 heteroatoms. The average molecular weight is 376 g/mol. The molecule has 0 aliphatic rings. The number of benzene rings is 2. The van der Waals surface area contributed by atoms with Crippen molar-refractivity contribution < 1.29 is 17.9 Å². The van der Waals surface area contributed by atoms with Crippen LogP contribution >= 0.6 is 0 Å². The number of rotatable bonds is 9. The van der Waals surface area contributed by atoms with Gasteiger partial charge < -0.3 is 10.1 Å². The molecule has 0 saturated heterocycles. The summed E-state index contributed by atoms with van der Waals surface area (Å²) in [6.07, 6.45) is 0.639. The summed E-state index contributed by atoms with van der Waals surface area (Å²) in [5.41, 5.74) is 0.615. The maximum atomic E-state index is 12.4. The molecule has 6 nitrogen and oxygen atoms in total. The number of para-hydroxylation sites is 2. The third kappa shape index (κ3) is 5.31. The molecule has 2 rings (SSSR count). The Labute approximate surface area is 154 Å². The molecule has 0 fully saturated rings. The first-order valence-corrected chi connectivity index (χ1v) is 9.92. The van der Waals surface area contributed by atoms with E-state index in [4.69, 9.17) is 4.74 Å². The highest BCUT2D eigenvalue weighted by molar-refractivity contribution is 7.89. The molecular weight excluding hydrogens is 352 g/mol. The highest BCUT2D eigenvalue weighted by Crippen LogP contribution is 2.24. The van der Waals surface area contributed by atoms with Crippen LogP contribution in [0.5, 0.6) is 5.75 Å². The van der Waals surface area contributed by atoms with E-state index in [2.05, 4.69) is 5.32 Å². The quantitative estimate of drug-likeness (QED) is 0.730. The summed E-state index contributed by atoms with van der Waals surface area (Å²) in [6, 6.07) is 15.5. The number of ether oxygens (including phenoxy) is 1. The van der Waals surface area contributed by atoms with E-state index in [-0.39, 0.29) is 23.8 Å². The fourth-order valence-electron chi connectivity index (χ4n) is 2.42. The molecule has 140 valence electrons. The van der Waals surface area contributed by atoms with Crippen LogP contribution < -0.4 is 10.1 Å². The highest BCUT2D eigenvalue weighted by Gasteiger charge is 2.20. The van der Waals surface area contributed by atoms with E-state index in [1.165, 1.54) is 11.4 Å². The Kier molecular flexibility index (Phi) is 7.17. The standard InChI is InChI=1S/C19H24N2O4S/c1-3-25-18-13-8-7-12-17(18)20-19(22)14-9-15-21(2)26(23,24)16-10-5-4-6-11-16/h4-8,10-13H,3,9,14-15H2,1-2H3,(H,20,22). The molecular formula is C19H24N2O4S. The van der Waals surface area contributed by atoms with Gasteiger partial charge in [-0.25, -0.2) is 12.7 Å². The Morgan fingerprint density at radius 2 is 1.73 bits per heavy atom. The van der Waals surface area contributed by atoms with Gasteiger partial charge in [-0.15, -0.1) is 0 Å². The van der Waals surface area contributed by atoms with E-state index in [0.29, 0.717) is 24.5 Å². The van der Waals surface area contributed by atoms with Gasteiger partial charge in [-0.3, -0.25) is 4.79 Å². The first-order chi connectivity index (χ1) is 12.4. The molecule has 0 spiro atoms. The third-order valence-electron chi connectivity index (χ3n) is 3.79. The van der Waals surface area contributed by atoms with Crippen molar-refractivity contribution in [1.29, 1.82) is 0 Å². The monoisotopic (exact) mass is 376 g/mol. The first kappa shape index (κ1) is 19.9. The van der Waals surface area contributed by atoms with Crippen LogP contribution in [-0.4, -0.2) is 38.8 Å². The fraction of sp³-hybridized carbons (Fsp3) is 0.316. The summed E-state index contributed by atoms with van der Waals surface area (Å²) in [4.78, 5) is 12.4. The summed E-state index contributed by atoms with van der Waals surface area (Å²) in [5.74, 6) is 0.440. The van der Waals surface area contributed by atoms with Crippen molar-refractivity contribution in [2.75, 3.05) is 25.5 Å². The van der Waals surface area contributed by atoms with Crippen LogP contribution in [0, 0.1) is 0 Å². The van der Waals surface area contributed by atoms with Crippen LogP contribution in [0.2, 0.25) is 0 Å². The van der Waals surface area contributed by atoms with E-state index in [1.807, 2.05) is 19.1 Å². The molecule has 1 N–H and O–H groups in total. The Morgan fingerprint density at radius 1 is 1.08 bits per heavy atom. The Hall–Kier alpha value is -2.38. The van der Waals surface area contributed by atoms with Gasteiger partial charge in [0, 0.05) is 20.0 Å². The van der Waals surface area contributed by atoms with Crippen molar-refractivity contribution in [2.24, 2.45) is 0 Å². The molecule has 0 aliphatic carbocycles. The molecule has 0 heterocycles.